The molecule has 0 unspecified atom stereocenters. The van der Waals surface area contributed by atoms with Crippen LogP contribution in [0.3, 0.4) is 0 Å². The molecule has 0 saturated carbocycles. The van der Waals surface area contributed by atoms with Crippen molar-refractivity contribution in [3.63, 3.8) is 0 Å². The van der Waals surface area contributed by atoms with Crippen LogP contribution in [0.4, 0.5) is 5.69 Å². The number of carbonyl (C=O) groups is 1. The van der Waals surface area contributed by atoms with Gasteiger partial charge in [0, 0.05) is 44.5 Å². The molecule has 0 bridgehead atoms. The van der Waals surface area contributed by atoms with Crippen molar-refractivity contribution in [1.29, 1.82) is 0 Å². The molecule has 2 aliphatic rings. The lowest BCUT2D eigenvalue weighted by Gasteiger charge is -2.36. The molecule has 2 fully saturated rings. The number of hydrogen-bond donors (Lipinski definition) is 2. The van der Waals surface area contributed by atoms with Crippen LogP contribution in [0.5, 0.6) is 5.75 Å². The largest absolute Gasteiger partial charge is 0.497 e. The van der Waals surface area contributed by atoms with Gasteiger partial charge in [-0.05, 0) is 60.6 Å². The molecular weight excluding hydrogens is 546 g/mol. The Morgan fingerprint density at radius 3 is 2.52 bits per heavy atom. The average molecular weight is 592 g/mol. The normalized spacial score (nSPS) is 23.0. The Bertz CT molecular complexity index is 1310. The van der Waals surface area contributed by atoms with Crippen molar-refractivity contribution in [2.24, 2.45) is 5.92 Å². The first-order valence-corrected chi connectivity index (χ1v) is 18.3. The number of carbonyl (C=O) groups excluding carboxylic acids is 1. The van der Waals surface area contributed by atoms with Gasteiger partial charge in [-0.3, -0.25) is 9.48 Å². The fourth-order valence-electron chi connectivity index (χ4n) is 6.88. The number of methoxy groups -OCH3 is 1. The fraction of sp³-hybridized carbons (Fsp3) is 0.531. The van der Waals surface area contributed by atoms with Crippen molar-refractivity contribution in [3.05, 3.63) is 66.0 Å². The van der Waals surface area contributed by atoms with E-state index in [9.17, 15) is 9.90 Å². The van der Waals surface area contributed by atoms with E-state index in [0.717, 1.165) is 49.5 Å². The van der Waals surface area contributed by atoms with Gasteiger partial charge in [-0.15, -0.1) is 5.10 Å². The molecule has 3 aromatic rings. The van der Waals surface area contributed by atoms with Crippen LogP contribution >= 0.6 is 0 Å². The maximum absolute atomic E-state index is 12.3. The maximum atomic E-state index is 12.3. The van der Waals surface area contributed by atoms with Crippen LogP contribution in [0.25, 0.3) is 0 Å². The van der Waals surface area contributed by atoms with Gasteiger partial charge in [0.15, 0.2) is 0 Å². The molecule has 5 rings (SSSR count). The van der Waals surface area contributed by atoms with Crippen LogP contribution in [-0.4, -0.2) is 79.6 Å². The minimum absolute atomic E-state index is 0.0733. The van der Waals surface area contributed by atoms with E-state index in [1.54, 1.807) is 7.11 Å². The molecule has 0 aliphatic carbocycles. The Morgan fingerprint density at radius 2 is 1.83 bits per heavy atom. The number of benzene rings is 2. The Hall–Kier alpha value is -3.05. The number of nitrogens with zero attached hydrogens (tertiary/aromatic N) is 4. The monoisotopic (exact) mass is 591 g/mol. The summed E-state index contributed by atoms with van der Waals surface area (Å²) in [4.78, 5) is 14.2. The van der Waals surface area contributed by atoms with Crippen LogP contribution in [0.15, 0.2) is 54.7 Å². The SMILES string of the molecule is COc1ccc([Si](C)(C)[C@H]2[C@H](C)[C@H](CCc3ccc(N4CCNCC4=O)cc3)O[C@@H]2CCn2cc(CCO)nn2)cc1. The smallest absolute Gasteiger partial charge is 0.240 e. The Labute approximate surface area is 250 Å². The number of hydrogen-bond acceptors (Lipinski definition) is 7. The summed E-state index contributed by atoms with van der Waals surface area (Å²) in [5.41, 5.74) is 3.49. The number of aliphatic hydroxyl groups excluding tert-OH is 1. The maximum Gasteiger partial charge on any atom is 0.240 e. The van der Waals surface area contributed by atoms with E-state index in [1.807, 2.05) is 15.8 Å². The number of aliphatic hydroxyl groups is 1. The molecular formula is C32H45N5O4Si. The topological polar surface area (TPSA) is 102 Å². The summed E-state index contributed by atoms with van der Waals surface area (Å²) in [6.07, 6.45) is 5.50. The molecule has 0 radical (unpaired) electrons. The molecule has 42 heavy (non-hydrogen) atoms. The van der Waals surface area contributed by atoms with E-state index < -0.39 is 8.07 Å². The first-order chi connectivity index (χ1) is 20.3. The van der Waals surface area contributed by atoms with E-state index in [-0.39, 0.29) is 24.7 Å². The van der Waals surface area contributed by atoms with E-state index in [0.29, 0.717) is 31.0 Å². The Kier molecular flexibility index (Phi) is 9.77. The van der Waals surface area contributed by atoms with Gasteiger partial charge in [0.05, 0.1) is 39.6 Å². The van der Waals surface area contributed by atoms with Gasteiger partial charge < -0.3 is 24.8 Å². The molecule has 226 valence electrons. The van der Waals surface area contributed by atoms with Crippen LogP contribution in [-0.2, 0) is 28.9 Å². The predicted octanol–water partition coefficient (Wildman–Crippen LogP) is 3.17. The van der Waals surface area contributed by atoms with E-state index in [2.05, 4.69) is 84.2 Å². The van der Waals surface area contributed by atoms with E-state index in [1.165, 1.54) is 10.8 Å². The van der Waals surface area contributed by atoms with Crippen LogP contribution in [0, 0.1) is 5.92 Å². The molecule has 4 atom stereocenters. The lowest BCUT2D eigenvalue weighted by molar-refractivity contribution is -0.118. The van der Waals surface area contributed by atoms with Crippen molar-refractivity contribution >= 4 is 24.9 Å². The van der Waals surface area contributed by atoms with Crippen LogP contribution in [0.2, 0.25) is 18.6 Å². The minimum Gasteiger partial charge on any atom is -0.497 e. The Morgan fingerprint density at radius 1 is 1.07 bits per heavy atom. The third-order valence-corrected chi connectivity index (χ3v) is 13.6. The molecule has 3 heterocycles. The summed E-state index contributed by atoms with van der Waals surface area (Å²) < 4.78 is 14.2. The van der Waals surface area contributed by atoms with Crippen molar-refractivity contribution in [3.8, 4) is 5.75 Å². The number of piperazine rings is 1. The van der Waals surface area contributed by atoms with Crippen molar-refractivity contribution in [1.82, 2.24) is 20.3 Å². The number of aryl methyl sites for hydroxylation is 2. The molecule has 9 nitrogen and oxygen atoms in total. The van der Waals surface area contributed by atoms with Crippen LogP contribution < -0.4 is 20.1 Å². The predicted molar refractivity (Wildman–Crippen MR) is 167 cm³/mol. The van der Waals surface area contributed by atoms with E-state index >= 15 is 0 Å². The van der Waals surface area contributed by atoms with Crippen molar-refractivity contribution < 1.29 is 19.4 Å². The highest BCUT2D eigenvalue weighted by molar-refractivity contribution is 6.91. The first kappa shape index (κ1) is 30.4. The second-order valence-corrected chi connectivity index (χ2v) is 16.9. The van der Waals surface area contributed by atoms with Gasteiger partial charge in [0.25, 0.3) is 0 Å². The lowest BCUT2D eigenvalue weighted by Crippen LogP contribution is -2.50. The summed E-state index contributed by atoms with van der Waals surface area (Å²) in [6.45, 7) is 10.1. The molecule has 2 N–H and O–H groups in total. The van der Waals surface area contributed by atoms with Gasteiger partial charge in [0.2, 0.25) is 5.91 Å². The average Bonchev–Trinajstić information content (AvgIpc) is 3.59. The first-order valence-electron chi connectivity index (χ1n) is 15.2. The number of aromatic nitrogens is 3. The van der Waals surface area contributed by atoms with Gasteiger partial charge in [-0.1, -0.05) is 54.7 Å². The molecule has 2 saturated heterocycles. The van der Waals surface area contributed by atoms with Crippen molar-refractivity contribution in [2.45, 2.75) is 70.0 Å². The minimum atomic E-state index is -1.94. The number of rotatable bonds is 12. The van der Waals surface area contributed by atoms with Gasteiger partial charge >= 0.3 is 0 Å². The second-order valence-electron chi connectivity index (χ2n) is 12.2. The summed E-state index contributed by atoms with van der Waals surface area (Å²) in [7, 11) is -0.231. The van der Waals surface area contributed by atoms with Crippen LogP contribution in [0.1, 0.15) is 31.0 Å². The highest BCUT2D eigenvalue weighted by Crippen LogP contribution is 2.46. The molecule has 2 aromatic carbocycles. The number of anilines is 1. The number of nitrogens with one attached hydrogen (secondary N) is 1. The molecule has 1 aromatic heterocycles. The van der Waals surface area contributed by atoms with Gasteiger partial charge in [-0.2, -0.15) is 0 Å². The zero-order valence-electron chi connectivity index (χ0n) is 25.3. The summed E-state index contributed by atoms with van der Waals surface area (Å²) in [5.74, 6) is 1.42. The molecule has 1 amide bonds. The summed E-state index contributed by atoms with van der Waals surface area (Å²) in [5, 5.41) is 22.3. The fourth-order valence-corrected chi connectivity index (χ4v) is 11.0. The number of ether oxygens (including phenoxy) is 2. The lowest BCUT2D eigenvalue weighted by atomic mass is 9.95. The Balaban J connectivity index is 1.29. The zero-order chi connectivity index (χ0) is 29.7. The highest BCUT2D eigenvalue weighted by atomic mass is 28.3. The van der Waals surface area contributed by atoms with Gasteiger partial charge in [-0.25, -0.2) is 0 Å². The summed E-state index contributed by atoms with van der Waals surface area (Å²) in [6, 6.07) is 17.1. The quantitative estimate of drug-likeness (QED) is 0.312. The van der Waals surface area contributed by atoms with Gasteiger partial charge in [0.1, 0.15) is 5.75 Å². The second kappa shape index (κ2) is 13.5. The third kappa shape index (κ3) is 6.77. The molecule has 0 spiro atoms. The standard InChI is InChI=1S/C32H45N5O4Si/c1-23-29(14-7-24-5-8-26(9-6-24)37-19-17-33-21-31(37)39)41-30(15-18-36-22-25(16-20-38)34-35-36)32(23)42(3,4)28-12-10-27(40-2)11-13-28/h5-6,8-13,22-23,29-30,32-33,38H,7,14-21H2,1-4H3/t23-,29+,30-,32+/m1/s1. The summed E-state index contributed by atoms with van der Waals surface area (Å²) >= 11 is 0. The highest BCUT2D eigenvalue weighted by Gasteiger charge is 2.50. The molecule has 10 heteroatoms. The number of amides is 1. The third-order valence-electron chi connectivity index (χ3n) is 9.22. The molecule has 2 aliphatic heterocycles. The zero-order valence-corrected chi connectivity index (χ0v) is 26.3. The van der Waals surface area contributed by atoms with E-state index in [4.69, 9.17) is 9.47 Å². The van der Waals surface area contributed by atoms with Crippen molar-refractivity contribution in [2.75, 3.05) is 38.3 Å².